The van der Waals surface area contributed by atoms with Crippen molar-refractivity contribution in [2.45, 2.75) is 209 Å². The molecule has 3 saturated heterocycles. The van der Waals surface area contributed by atoms with E-state index in [0.29, 0.717) is 25.7 Å². The van der Waals surface area contributed by atoms with Crippen molar-refractivity contribution >= 4 is 59.1 Å². The second kappa shape index (κ2) is 27.5. The molecule has 0 radical (unpaired) electrons. The van der Waals surface area contributed by atoms with Crippen molar-refractivity contribution < 1.29 is 47.9 Å². The van der Waals surface area contributed by atoms with Crippen molar-refractivity contribution in [1.82, 2.24) is 50.7 Å². The zero-order valence-electron chi connectivity index (χ0n) is 48.1. The number of carbonyl (C=O) groups excluding carboxylic acids is 10. The number of nitrogens with one attached hydrogen (secondary N) is 4. The molecular weight excluding hydrogens is 949 g/mol. The molecule has 3 fully saturated rings. The summed E-state index contributed by atoms with van der Waals surface area (Å²) in [5, 5.41) is 11.6. The van der Waals surface area contributed by atoms with Crippen LogP contribution in [-0.2, 0) is 47.9 Å². The molecule has 0 bridgehead atoms. The molecule has 10 atom stereocenters. The van der Waals surface area contributed by atoms with Gasteiger partial charge >= 0.3 is 0 Å². The van der Waals surface area contributed by atoms with Crippen LogP contribution in [0.4, 0.5) is 0 Å². The molecule has 4 N–H and O–H groups in total. The highest BCUT2D eigenvalue weighted by atomic mass is 16.2. The summed E-state index contributed by atoms with van der Waals surface area (Å²) < 4.78 is 0. The molecule has 0 aromatic rings. The quantitative estimate of drug-likeness (QED) is 0.250. The highest BCUT2D eigenvalue weighted by Gasteiger charge is 2.46. The zero-order chi connectivity index (χ0) is 56.4. The average Bonchev–Trinajstić information content (AvgIpc) is 4.01. The third-order valence-electron chi connectivity index (χ3n) is 14.9. The summed E-state index contributed by atoms with van der Waals surface area (Å²) in [7, 11) is 5.91. The van der Waals surface area contributed by atoms with Crippen LogP contribution in [0, 0.1) is 35.5 Å². The van der Waals surface area contributed by atoms with Crippen molar-refractivity contribution in [1.29, 1.82) is 0 Å². The van der Waals surface area contributed by atoms with Gasteiger partial charge in [0.25, 0.3) is 0 Å². The van der Waals surface area contributed by atoms with E-state index in [-0.39, 0.29) is 62.4 Å². The summed E-state index contributed by atoms with van der Waals surface area (Å²) in [6.07, 6.45) is 2.44. The molecule has 3 aliphatic heterocycles. The van der Waals surface area contributed by atoms with Crippen molar-refractivity contribution in [2.24, 2.45) is 35.5 Å². The summed E-state index contributed by atoms with van der Waals surface area (Å²) >= 11 is 0. The van der Waals surface area contributed by atoms with Gasteiger partial charge in [-0.25, -0.2) is 0 Å². The van der Waals surface area contributed by atoms with Crippen LogP contribution in [-0.4, -0.2) is 190 Å². The highest BCUT2D eigenvalue weighted by Crippen LogP contribution is 2.27. The Bertz CT molecular complexity index is 1890. The standard InChI is InChI=1S/C54H94N10O10/c1-29(2)25-37-49(69)59(15)35(13)45(65)55-39(27-31(5)6)51(71)64-24-20-22-42(64)54(74)62(18)44(34(11)12)48(68)58-38(26-30(3)4)50(70)60(16)36(14)46(66)56-40(28-32(7)8)52(72)63-23-19-21-41(63)53(73)61(17)43(33(9)10)47(67)57-37/h29-44H,19-28H2,1-18H3,(H,55,65)(H,56,66)(H,57,67)(H,58,68)/t35-,36-,37-,38-,39-,40-,41+,42+,43-,44-/m0/s1. The van der Waals surface area contributed by atoms with Crippen LogP contribution in [0.25, 0.3) is 0 Å². The second-order valence-electron chi connectivity index (χ2n) is 23.7. The largest absolute Gasteiger partial charge is 0.343 e. The van der Waals surface area contributed by atoms with Crippen LogP contribution in [0.2, 0.25) is 0 Å². The molecule has 0 spiro atoms. The Hall–Kier alpha value is -5.30. The van der Waals surface area contributed by atoms with Crippen molar-refractivity contribution in [2.75, 3.05) is 41.3 Å². The SMILES string of the molecule is CC(C)C[C@@H]1NC(=O)[C@H](C(C)C)N(C)C(=O)[C@H]2CCCN2C(=O)[C@H](CC(C)C)NC(=O)[C@H](C)N(C)C(=O)[C@H](CC(C)C)NC(=O)[C@H](C(C)C)N(C)C(=O)[C@H]2CCCN2C(=O)[C@H](CC(C)C)NC(=O)[C@H](C)N(C)C1=O. The Morgan fingerprint density at radius 2 is 0.635 bits per heavy atom. The van der Waals surface area contributed by atoms with Crippen LogP contribution in [0.5, 0.6) is 0 Å². The summed E-state index contributed by atoms with van der Waals surface area (Å²) in [5.41, 5.74) is 0. The van der Waals surface area contributed by atoms with E-state index in [0.717, 1.165) is 0 Å². The summed E-state index contributed by atoms with van der Waals surface area (Å²) in [6.45, 7) is 25.8. The number of hydrogen-bond donors (Lipinski definition) is 4. The Morgan fingerprint density at radius 1 is 0.378 bits per heavy atom. The molecule has 0 saturated carbocycles. The third kappa shape index (κ3) is 15.9. The lowest BCUT2D eigenvalue weighted by molar-refractivity contribution is -0.151. The van der Waals surface area contributed by atoms with Gasteiger partial charge in [-0.3, -0.25) is 47.9 Å². The molecule has 3 heterocycles. The molecule has 0 aromatic heterocycles. The highest BCUT2D eigenvalue weighted by molar-refractivity contribution is 5.99. The van der Waals surface area contributed by atoms with E-state index in [1.807, 2.05) is 55.4 Å². The number of fused-ring (bicyclic) bond motifs is 2. The van der Waals surface area contributed by atoms with Gasteiger partial charge in [-0.1, -0.05) is 83.1 Å². The van der Waals surface area contributed by atoms with Crippen LogP contribution in [0.15, 0.2) is 0 Å². The van der Waals surface area contributed by atoms with Crippen LogP contribution < -0.4 is 21.3 Å². The maximum absolute atomic E-state index is 14.6. The van der Waals surface area contributed by atoms with E-state index in [1.54, 1.807) is 27.7 Å². The minimum Gasteiger partial charge on any atom is -0.343 e. The fraction of sp³-hybridized carbons (Fsp3) is 0.815. The molecular formula is C54H94N10O10. The van der Waals surface area contributed by atoms with Crippen LogP contribution >= 0.6 is 0 Å². The number of amides is 10. The maximum atomic E-state index is 14.6. The number of likely N-dealkylation sites (N-methyl/N-ethyl adjacent to an activating group) is 4. The predicted octanol–water partition coefficient (Wildman–Crippen LogP) is 2.77. The van der Waals surface area contributed by atoms with Crippen LogP contribution in [0.1, 0.15) is 148 Å². The Labute approximate surface area is 441 Å². The van der Waals surface area contributed by atoms with Gasteiger partial charge in [-0.05, 0) is 101 Å². The van der Waals surface area contributed by atoms with Gasteiger partial charge in [0.15, 0.2) is 0 Å². The number of nitrogens with zero attached hydrogens (tertiary/aromatic N) is 6. The lowest BCUT2D eigenvalue weighted by atomic mass is 9.97. The lowest BCUT2D eigenvalue weighted by Gasteiger charge is -2.37. The van der Waals surface area contributed by atoms with Gasteiger partial charge in [0, 0.05) is 41.3 Å². The second-order valence-corrected chi connectivity index (χ2v) is 23.7. The van der Waals surface area contributed by atoms with Gasteiger partial charge in [0.05, 0.1) is 0 Å². The zero-order valence-corrected chi connectivity index (χ0v) is 48.1. The van der Waals surface area contributed by atoms with Gasteiger partial charge in [-0.2, -0.15) is 0 Å². The molecule has 10 amide bonds. The van der Waals surface area contributed by atoms with Crippen molar-refractivity contribution in [3.05, 3.63) is 0 Å². The van der Waals surface area contributed by atoms with E-state index in [2.05, 4.69) is 21.3 Å². The first-order valence-corrected chi connectivity index (χ1v) is 27.2. The first kappa shape index (κ1) is 63.0. The lowest BCUT2D eigenvalue weighted by Crippen LogP contribution is -2.62. The molecule has 3 aliphatic rings. The number of carbonyl (C=O) groups is 10. The fourth-order valence-electron chi connectivity index (χ4n) is 10.7. The minimum absolute atomic E-state index is 0.0725. The Balaban J connectivity index is 2.20. The van der Waals surface area contributed by atoms with Gasteiger partial charge in [0.2, 0.25) is 59.1 Å². The van der Waals surface area contributed by atoms with Gasteiger partial charge in [-0.15, -0.1) is 0 Å². The molecule has 20 nitrogen and oxygen atoms in total. The summed E-state index contributed by atoms with van der Waals surface area (Å²) in [5.74, 6) is -6.65. The monoisotopic (exact) mass is 1040 g/mol. The third-order valence-corrected chi connectivity index (χ3v) is 14.9. The first-order valence-electron chi connectivity index (χ1n) is 27.2. The molecule has 0 unspecified atom stereocenters. The maximum Gasteiger partial charge on any atom is 0.245 e. The Morgan fingerprint density at radius 3 is 0.892 bits per heavy atom. The number of hydrogen-bond acceptors (Lipinski definition) is 10. The predicted molar refractivity (Wildman–Crippen MR) is 282 cm³/mol. The molecule has 0 aromatic carbocycles. The van der Waals surface area contributed by atoms with Gasteiger partial charge in [0.1, 0.15) is 60.4 Å². The van der Waals surface area contributed by atoms with Crippen LogP contribution in [0.3, 0.4) is 0 Å². The molecule has 0 aliphatic carbocycles. The topological polar surface area (TPSA) is 238 Å². The van der Waals surface area contributed by atoms with Crippen molar-refractivity contribution in [3.63, 3.8) is 0 Å². The Kier molecular flexibility index (Phi) is 23.4. The van der Waals surface area contributed by atoms with Gasteiger partial charge < -0.3 is 50.7 Å². The van der Waals surface area contributed by atoms with Crippen molar-refractivity contribution in [3.8, 4) is 0 Å². The smallest absolute Gasteiger partial charge is 0.245 e. The molecule has 420 valence electrons. The summed E-state index contributed by atoms with van der Waals surface area (Å²) in [4.78, 5) is 153. The average molecular weight is 1040 g/mol. The van der Waals surface area contributed by atoms with E-state index < -0.39 is 131 Å². The first-order chi connectivity index (χ1) is 34.3. The summed E-state index contributed by atoms with van der Waals surface area (Å²) in [6, 6.07) is -10.6. The molecule has 74 heavy (non-hydrogen) atoms. The van der Waals surface area contributed by atoms with E-state index in [4.69, 9.17) is 0 Å². The molecule has 20 heteroatoms. The number of rotatable bonds is 10. The minimum atomic E-state index is -1.11. The van der Waals surface area contributed by atoms with E-state index >= 15 is 0 Å². The van der Waals surface area contributed by atoms with E-state index in [1.165, 1.54) is 71.4 Å². The normalized spacial score (nSPS) is 29.0. The molecule has 3 rings (SSSR count). The van der Waals surface area contributed by atoms with E-state index in [9.17, 15) is 47.9 Å². The fourth-order valence-corrected chi connectivity index (χ4v) is 10.7.